The normalized spacial score (nSPS) is 24.5. The number of nitrogens with one attached hydrogen (secondary N) is 1. The van der Waals surface area contributed by atoms with Crippen molar-refractivity contribution in [1.29, 1.82) is 0 Å². The third kappa shape index (κ3) is 2.76. The molecule has 142 valence electrons. The lowest BCUT2D eigenvalue weighted by molar-refractivity contribution is 0.0370. The Morgan fingerprint density at radius 3 is 2.21 bits per heavy atom. The second-order valence-corrected chi connectivity index (χ2v) is 9.17. The summed E-state index contributed by atoms with van der Waals surface area (Å²) in [6.45, 7) is 1.36. The maximum Gasteiger partial charge on any atom is 0.243 e. The Morgan fingerprint density at radius 1 is 0.857 bits per heavy atom. The van der Waals surface area contributed by atoms with E-state index in [1.54, 1.807) is 34.8 Å². The Kier molecular flexibility index (Phi) is 4.27. The number of aromatic nitrogens is 1. The molecule has 5 rings (SSSR count). The van der Waals surface area contributed by atoms with Crippen LogP contribution >= 0.6 is 0 Å². The number of benzene rings is 2. The van der Waals surface area contributed by atoms with E-state index < -0.39 is 10.0 Å². The summed E-state index contributed by atoms with van der Waals surface area (Å²) in [6, 6.07) is 21.1. The molecule has 0 amide bonds. The van der Waals surface area contributed by atoms with Crippen molar-refractivity contribution in [3.8, 4) is 11.1 Å². The minimum atomic E-state index is -3.47. The molecule has 2 bridgehead atoms. The zero-order valence-corrected chi connectivity index (χ0v) is 16.1. The molecule has 3 aromatic rings. The van der Waals surface area contributed by atoms with E-state index in [-0.39, 0.29) is 18.0 Å². The molecule has 6 heteroatoms. The predicted molar refractivity (Wildman–Crippen MR) is 108 cm³/mol. The van der Waals surface area contributed by atoms with Gasteiger partial charge < -0.3 is 5.32 Å². The minimum Gasteiger partial charge on any atom is -0.313 e. The van der Waals surface area contributed by atoms with Crippen LogP contribution in [-0.2, 0) is 10.0 Å². The summed E-state index contributed by atoms with van der Waals surface area (Å²) in [5.41, 5.74) is 3.40. The van der Waals surface area contributed by atoms with E-state index in [1.165, 1.54) is 5.56 Å². The lowest BCUT2D eigenvalue weighted by atomic mass is 9.74. The fraction of sp³-hybridized carbons (Fsp3) is 0.227. The highest BCUT2D eigenvalue weighted by Crippen LogP contribution is 2.46. The summed E-state index contributed by atoms with van der Waals surface area (Å²) >= 11 is 0. The van der Waals surface area contributed by atoms with Crippen LogP contribution in [0.1, 0.15) is 11.5 Å². The Morgan fingerprint density at radius 2 is 1.57 bits per heavy atom. The smallest absolute Gasteiger partial charge is 0.243 e. The van der Waals surface area contributed by atoms with E-state index in [2.05, 4.69) is 34.6 Å². The number of sulfonamides is 1. The van der Waals surface area contributed by atoms with Crippen molar-refractivity contribution in [1.82, 2.24) is 14.6 Å². The topological polar surface area (TPSA) is 62.3 Å². The van der Waals surface area contributed by atoms with E-state index >= 15 is 0 Å². The molecule has 0 saturated carbocycles. The highest BCUT2D eigenvalue weighted by atomic mass is 32.2. The Labute approximate surface area is 165 Å². The second-order valence-electron chi connectivity index (χ2n) is 7.33. The van der Waals surface area contributed by atoms with Crippen molar-refractivity contribution in [3.05, 3.63) is 84.7 Å². The Hall–Kier alpha value is -2.54. The highest BCUT2D eigenvalue weighted by Gasteiger charge is 2.56. The summed E-state index contributed by atoms with van der Waals surface area (Å²) in [6.07, 6.45) is 3.62. The van der Waals surface area contributed by atoms with Crippen LogP contribution < -0.4 is 5.32 Å². The zero-order chi connectivity index (χ0) is 19.1. The molecule has 0 spiro atoms. The highest BCUT2D eigenvalue weighted by molar-refractivity contribution is 7.89. The van der Waals surface area contributed by atoms with E-state index in [0.717, 1.165) is 11.1 Å². The van der Waals surface area contributed by atoms with Crippen LogP contribution in [0.2, 0.25) is 0 Å². The third-order valence-electron chi connectivity index (χ3n) is 5.80. The predicted octanol–water partition coefficient (Wildman–Crippen LogP) is 2.88. The Balaban J connectivity index is 1.42. The van der Waals surface area contributed by atoms with Crippen LogP contribution in [0.5, 0.6) is 0 Å². The minimum absolute atomic E-state index is 0.0480. The van der Waals surface area contributed by atoms with Crippen LogP contribution in [0, 0.1) is 0 Å². The van der Waals surface area contributed by atoms with Crippen molar-refractivity contribution in [2.24, 2.45) is 0 Å². The van der Waals surface area contributed by atoms with Crippen LogP contribution in [0.15, 0.2) is 84.0 Å². The number of piperidine rings is 1. The fourth-order valence-electron chi connectivity index (χ4n) is 4.48. The summed E-state index contributed by atoms with van der Waals surface area (Å²) < 4.78 is 28.0. The van der Waals surface area contributed by atoms with Gasteiger partial charge in [-0.1, -0.05) is 48.5 Å². The number of fused-ring (bicyclic) bond motifs is 2. The first-order chi connectivity index (χ1) is 13.7. The van der Waals surface area contributed by atoms with Crippen molar-refractivity contribution in [3.63, 3.8) is 0 Å². The van der Waals surface area contributed by atoms with Gasteiger partial charge in [0.15, 0.2) is 0 Å². The van der Waals surface area contributed by atoms with E-state index in [0.29, 0.717) is 18.0 Å². The summed E-state index contributed by atoms with van der Waals surface area (Å²) in [5.74, 6) is 0.225. The van der Waals surface area contributed by atoms with Crippen LogP contribution in [-0.4, -0.2) is 42.9 Å². The van der Waals surface area contributed by atoms with E-state index in [1.807, 2.05) is 24.4 Å². The van der Waals surface area contributed by atoms with Crippen molar-refractivity contribution >= 4 is 10.0 Å². The molecule has 2 fully saturated rings. The molecule has 0 radical (unpaired) electrons. The molecule has 1 aromatic heterocycles. The van der Waals surface area contributed by atoms with Gasteiger partial charge in [0.2, 0.25) is 10.0 Å². The van der Waals surface area contributed by atoms with Gasteiger partial charge >= 0.3 is 0 Å². The molecule has 1 N–H and O–H groups in total. The van der Waals surface area contributed by atoms with Gasteiger partial charge in [0.1, 0.15) is 0 Å². The number of piperazine rings is 1. The van der Waals surface area contributed by atoms with E-state index in [9.17, 15) is 8.42 Å². The molecule has 2 aliphatic rings. The molecule has 1 unspecified atom stereocenters. The van der Waals surface area contributed by atoms with Crippen molar-refractivity contribution < 1.29 is 8.42 Å². The number of hydrogen-bond donors (Lipinski definition) is 1. The van der Waals surface area contributed by atoms with Crippen LogP contribution in [0.4, 0.5) is 0 Å². The standard InChI is InChI=1S/C22H21N3O2S/c26-28(27,19-6-2-1-3-7-19)25-20-14-24-15-21(25)22(20)17-10-8-16(9-11-17)18-5-4-12-23-13-18/h1-13,20-22,24H,14-15H2/t20-,21+,22?. The molecule has 2 saturated heterocycles. The van der Waals surface area contributed by atoms with Gasteiger partial charge in [-0.25, -0.2) is 8.42 Å². The van der Waals surface area contributed by atoms with Gasteiger partial charge in [-0.2, -0.15) is 4.31 Å². The quantitative estimate of drug-likeness (QED) is 0.743. The largest absolute Gasteiger partial charge is 0.313 e. The lowest BCUT2D eigenvalue weighted by Crippen LogP contribution is -2.73. The molecular formula is C22H21N3O2S. The van der Waals surface area contributed by atoms with Crippen molar-refractivity contribution in [2.75, 3.05) is 13.1 Å². The average Bonchev–Trinajstić information content (AvgIpc) is 2.76. The van der Waals surface area contributed by atoms with Gasteiger partial charge in [-0.15, -0.1) is 0 Å². The number of nitrogens with zero attached hydrogens (tertiary/aromatic N) is 2. The second kappa shape index (κ2) is 6.81. The number of hydrogen-bond acceptors (Lipinski definition) is 4. The van der Waals surface area contributed by atoms with Gasteiger partial charge in [-0.05, 0) is 34.9 Å². The van der Waals surface area contributed by atoms with Crippen LogP contribution in [0.3, 0.4) is 0 Å². The molecular weight excluding hydrogens is 370 g/mol. The number of rotatable bonds is 4. The molecule has 2 aromatic carbocycles. The Bertz CT molecular complexity index is 1060. The number of pyridine rings is 1. The lowest BCUT2D eigenvalue weighted by Gasteiger charge is -2.57. The molecule has 0 aliphatic carbocycles. The monoisotopic (exact) mass is 391 g/mol. The fourth-order valence-corrected chi connectivity index (χ4v) is 6.35. The summed E-state index contributed by atoms with van der Waals surface area (Å²) in [4.78, 5) is 4.55. The molecule has 2 aliphatic heterocycles. The van der Waals surface area contributed by atoms with Gasteiger partial charge in [0, 0.05) is 43.5 Å². The summed E-state index contributed by atoms with van der Waals surface area (Å²) in [5, 5.41) is 3.36. The summed E-state index contributed by atoms with van der Waals surface area (Å²) in [7, 11) is -3.47. The van der Waals surface area contributed by atoms with Gasteiger partial charge in [-0.3, -0.25) is 4.98 Å². The molecule has 28 heavy (non-hydrogen) atoms. The molecule has 3 heterocycles. The maximum absolute atomic E-state index is 13.1. The first-order valence-electron chi connectivity index (χ1n) is 9.46. The first kappa shape index (κ1) is 17.6. The zero-order valence-electron chi connectivity index (χ0n) is 15.3. The first-order valence-corrected chi connectivity index (χ1v) is 10.9. The van der Waals surface area contributed by atoms with Gasteiger partial charge in [0.05, 0.1) is 4.90 Å². The van der Waals surface area contributed by atoms with Gasteiger partial charge in [0.25, 0.3) is 0 Å². The SMILES string of the molecule is O=S(=O)(c1ccccc1)N1[C@@H]2CNC[C@H]1C2c1ccc(-c2cccnc2)cc1. The van der Waals surface area contributed by atoms with Crippen molar-refractivity contribution in [2.45, 2.75) is 22.9 Å². The van der Waals surface area contributed by atoms with Crippen LogP contribution in [0.25, 0.3) is 11.1 Å². The third-order valence-corrected chi connectivity index (χ3v) is 7.76. The molecule has 5 nitrogen and oxygen atoms in total. The average molecular weight is 391 g/mol. The molecule has 3 atom stereocenters. The van der Waals surface area contributed by atoms with E-state index in [4.69, 9.17) is 0 Å². The maximum atomic E-state index is 13.1.